The Morgan fingerprint density at radius 2 is 2.10 bits per heavy atom. The molecule has 0 spiro atoms. The summed E-state index contributed by atoms with van der Waals surface area (Å²) in [6.07, 6.45) is 1.24. The van der Waals surface area contributed by atoms with Crippen LogP contribution in [0.15, 0.2) is 18.2 Å². The quantitative estimate of drug-likeness (QED) is 0.871. The van der Waals surface area contributed by atoms with E-state index in [1.807, 2.05) is 23.9 Å². The summed E-state index contributed by atoms with van der Waals surface area (Å²) in [6, 6.07) is 6.90. The Kier molecular flexibility index (Phi) is 5.57. The number of hydrogen-bond acceptors (Lipinski definition) is 5. The molecule has 0 aromatic heterocycles. The van der Waals surface area contributed by atoms with E-state index in [9.17, 15) is 0 Å². The first kappa shape index (κ1) is 15.5. The fourth-order valence-electron chi connectivity index (χ4n) is 2.70. The lowest BCUT2D eigenvalue weighted by Crippen LogP contribution is -2.38. The van der Waals surface area contributed by atoms with Crippen LogP contribution in [0, 0.1) is 0 Å². The van der Waals surface area contributed by atoms with Gasteiger partial charge in [-0.25, -0.2) is 0 Å². The van der Waals surface area contributed by atoms with Crippen LogP contribution in [0.25, 0.3) is 0 Å². The van der Waals surface area contributed by atoms with Gasteiger partial charge in [0.1, 0.15) is 0 Å². The largest absolute Gasteiger partial charge is 0.493 e. The molecule has 1 aromatic rings. The molecule has 0 aliphatic carbocycles. The minimum atomic E-state index is 0.221. The lowest BCUT2D eigenvalue weighted by Gasteiger charge is -2.32. The van der Waals surface area contributed by atoms with Crippen LogP contribution in [0.2, 0.25) is 0 Å². The van der Waals surface area contributed by atoms with Crippen LogP contribution in [0.1, 0.15) is 18.0 Å². The number of hydrogen-bond donors (Lipinski definition) is 1. The molecule has 0 bridgehead atoms. The molecule has 2 unspecified atom stereocenters. The first-order valence-corrected chi connectivity index (χ1v) is 8.08. The molecule has 1 fully saturated rings. The van der Waals surface area contributed by atoms with Gasteiger partial charge in [0, 0.05) is 24.4 Å². The fourth-order valence-corrected chi connectivity index (χ4v) is 3.97. The first-order chi connectivity index (χ1) is 9.71. The number of likely N-dealkylation sites (N-methyl/N-ethyl adjacent to an activating group) is 1. The molecular formula is C15H24N2O2S. The highest BCUT2D eigenvalue weighted by Gasteiger charge is 2.26. The molecule has 20 heavy (non-hydrogen) atoms. The van der Waals surface area contributed by atoms with Crippen molar-refractivity contribution < 1.29 is 9.47 Å². The van der Waals surface area contributed by atoms with Gasteiger partial charge in [0.25, 0.3) is 0 Å². The molecular weight excluding hydrogens is 272 g/mol. The van der Waals surface area contributed by atoms with E-state index in [1.165, 1.54) is 23.5 Å². The zero-order valence-corrected chi connectivity index (χ0v) is 13.3. The Balaban J connectivity index is 2.22. The molecule has 1 heterocycles. The van der Waals surface area contributed by atoms with Gasteiger partial charge < -0.3 is 15.2 Å². The van der Waals surface area contributed by atoms with Crippen LogP contribution in [0.5, 0.6) is 11.5 Å². The van der Waals surface area contributed by atoms with Crippen molar-refractivity contribution in [3.05, 3.63) is 23.8 Å². The predicted molar refractivity (Wildman–Crippen MR) is 84.8 cm³/mol. The molecule has 1 aliphatic rings. The molecule has 1 saturated heterocycles. The summed E-state index contributed by atoms with van der Waals surface area (Å²) in [7, 11) is 5.49. The van der Waals surface area contributed by atoms with Crippen LogP contribution >= 0.6 is 11.8 Å². The van der Waals surface area contributed by atoms with E-state index < -0.39 is 0 Å². The summed E-state index contributed by atoms with van der Waals surface area (Å²) in [6.45, 7) is 0.604. The van der Waals surface area contributed by atoms with E-state index in [1.54, 1.807) is 14.2 Å². The Morgan fingerprint density at radius 3 is 2.65 bits per heavy atom. The average molecular weight is 296 g/mol. The maximum absolute atomic E-state index is 6.01. The summed E-state index contributed by atoms with van der Waals surface area (Å²) >= 11 is 2.02. The van der Waals surface area contributed by atoms with Crippen LogP contribution in [-0.2, 0) is 0 Å². The molecule has 0 saturated carbocycles. The number of methoxy groups -OCH3 is 2. The molecule has 0 radical (unpaired) electrons. The van der Waals surface area contributed by atoms with E-state index in [4.69, 9.17) is 15.2 Å². The summed E-state index contributed by atoms with van der Waals surface area (Å²) in [5.41, 5.74) is 7.20. The zero-order valence-electron chi connectivity index (χ0n) is 12.5. The first-order valence-electron chi connectivity index (χ1n) is 6.93. The van der Waals surface area contributed by atoms with Gasteiger partial charge >= 0.3 is 0 Å². The van der Waals surface area contributed by atoms with Gasteiger partial charge in [-0.3, -0.25) is 4.90 Å². The number of ether oxygens (including phenoxy) is 2. The molecule has 1 aliphatic heterocycles. The fraction of sp³-hybridized carbons (Fsp3) is 0.600. The molecule has 112 valence electrons. The van der Waals surface area contributed by atoms with Crippen molar-refractivity contribution in [3.63, 3.8) is 0 Å². The number of nitrogens with zero attached hydrogens (tertiary/aromatic N) is 1. The molecule has 2 atom stereocenters. The summed E-state index contributed by atoms with van der Waals surface area (Å²) in [4.78, 5) is 2.40. The number of benzene rings is 1. The topological polar surface area (TPSA) is 47.7 Å². The second-order valence-electron chi connectivity index (χ2n) is 5.05. The number of nitrogens with two attached hydrogens (primary N) is 1. The molecule has 2 N–H and O–H groups in total. The second-order valence-corrected chi connectivity index (χ2v) is 6.20. The zero-order chi connectivity index (χ0) is 14.5. The minimum Gasteiger partial charge on any atom is -0.493 e. The van der Waals surface area contributed by atoms with Crippen molar-refractivity contribution in [3.8, 4) is 11.5 Å². The van der Waals surface area contributed by atoms with Crippen LogP contribution in [-0.4, -0.2) is 50.3 Å². The SMILES string of the molecule is COc1ccc(C(CN)N(C)C2CCSC2)cc1OC. The lowest BCUT2D eigenvalue weighted by molar-refractivity contribution is 0.192. The minimum absolute atomic E-state index is 0.221. The van der Waals surface area contributed by atoms with E-state index in [-0.39, 0.29) is 6.04 Å². The predicted octanol–water partition coefficient (Wildman–Crippen LogP) is 2.14. The van der Waals surface area contributed by atoms with Gasteiger partial charge in [-0.1, -0.05) is 6.07 Å². The monoisotopic (exact) mass is 296 g/mol. The van der Waals surface area contributed by atoms with Gasteiger partial charge in [-0.15, -0.1) is 0 Å². The van der Waals surface area contributed by atoms with Crippen molar-refractivity contribution in [2.45, 2.75) is 18.5 Å². The Morgan fingerprint density at radius 1 is 1.35 bits per heavy atom. The third-order valence-electron chi connectivity index (χ3n) is 3.99. The van der Waals surface area contributed by atoms with E-state index in [0.29, 0.717) is 12.6 Å². The molecule has 4 nitrogen and oxygen atoms in total. The van der Waals surface area contributed by atoms with Gasteiger partial charge in [-0.05, 0) is 36.9 Å². The average Bonchev–Trinajstić information content (AvgIpc) is 3.01. The van der Waals surface area contributed by atoms with Gasteiger partial charge in [0.15, 0.2) is 11.5 Å². The third-order valence-corrected chi connectivity index (χ3v) is 5.13. The van der Waals surface area contributed by atoms with Gasteiger partial charge in [0.2, 0.25) is 0 Å². The van der Waals surface area contributed by atoms with E-state index >= 15 is 0 Å². The van der Waals surface area contributed by atoms with E-state index in [2.05, 4.69) is 18.0 Å². The standard InChI is InChI=1S/C15H24N2O2S/c1-17(12-6-7-20-10-12)13(9-16)11-4-5-14(18-2)15(8-11)19-3/h4-5,8,12-13H,6-7,9-10,16H2,1-3H3. The smallest absolute Gasteiger partial charge is 0.161 e. The van der Waals surface area contributed by atoms with Crippen molar-refractivity contribution >= 4 is 11.8 Å². The normalized spacial score (nSPS) is 20.1. The highest BCUT2D eigenvalue weighted by molar-refractivity contribution is 7.99. The Bertz CT molecular complexity index is 436. The molecule has 5 heteroatoms. The molecule has 0 amide bonds. The van der Waals surface area contributed by atoms with Gasteiger partial charge in [0.05, 0.1) is 14.2 Å². The maximum Gasteiger partial charge on any atom is 0.161 e. The second kappa shape index (κ2) is 7.20. The van der Waals surface area contributed by atoms with Crippen LogP contribution in [0.3, 0.4) is 0 Å². The van der Waals surface area contributed by atoms with E-state index in [0.717, 1.165) is 11.5 Å². The molecule has 2 rings (SSSR count). The highest BCUT2D eigenvalue weighted by Crippen LogP contribution is 2.33. The summed E-state index contributed by atoms with van der Waals surface area (Å²) < 4.78 is 10.7. The summed E-state index contributed by atoms with van der Waals surface area (Å²) in [5.74, 6) is 3.96. The third kappa shape index (κ3) is 3.22. The lowest BCUT2D eigenvalue weighted by atomic mass is 10.0. The van der Waals surface area contributed by atoms with Crippen molar-refractivity contribution in [2.24, 2.45) is 5.73 Å². The van der Waals surface area contributed by atoms with Gasteiger partial charge in [-0.2, -0.15) is 11.8 Å². The van der Waals surface area contributed by atoms with Crippen molar-refractivity contribution in [1.82, 2.24) is 4.90 Å². The summed E-state index contributed by atoms with van der Waals surface area (Å²) in [5, 5.41) is 0. The van der Waals surface area contributed by atoms with Crippen molar-refractivity contribution in [1.29, 1.82) is 0 Å². The number of thioether (sulfide) groups is 1. The van der Waals surface area contributed by atoms with Crippen molar-refractivity contribution in [2.75, 3.05) is 39.3 Å². The Hall–Kier alpha value is -0.910. The Labute approximate surface area is 125 Å². The van der Waals surface area contributed by atoms with Crippen LogP contribution < -0.4 is 15.2 Å². The highest BCUT2D eigenvalue weighted by atomic mass is 32.2. The number of rotatable bonds is 6. The molecule has 1 aromatic carbocycles. The maximum atomic E-state index is 6.01. The van der Waals surface area contributed by atoms with Crippen LogP contribution in [0.4, 0.5) is 0 Å².